The zero-order chi connectivity index (χ0) is 40.7. The lowest BCUT2D eigenvalue weighted by atomic mass is 9.92. The Labute approximate surface area is 358 Å². The summed E-state index contributed by atoms with van der Waals surface area (Å²) in [6.07, 6.45) is 0. The second-order valence-corrected chi connectivity index (χ2v) is 16.4. The van der Waals surface area contributed by atoms with Gasteiger partial charge in [0.2, 0.25) is 0 Å². The fourth-order valence-electron chi connectivity index (χ4n) is 10.0. The molecule has 0 spiro atoms. The number of hydrogen-bond acceptors (Lipinski definition) is 1. The standard InChI is InChI=1S/C60H37NO/c1-3-13-38(14-4-1)42-27-32-59-55(34-42)56-37-44(39-15-5-2-6-16-39)36-52(60(56)62-59)43-26-31-58-54(35-43)51-21-11-12-22-57(51)61(58)45-28-23-40(24-29-45)41-25-30-50-48-19-8-7-17-46(48)47-18-9-10-20-49(47)53(50)33-41/h1-37H. The smallest absolute Gasteiger partial charge is 0.143 e. The van der Waals surface area contributed by atoms with Gasteiger partial charge in [-0.1, -0.05) is 164 Å². The summed E-state index contributed by atoms with van der Waals surface area (Å²) in [6, 6.07) is 81.7. The number of furan rings is 1. The third-order valence-corrected chi connectivity index (χ3v) is 13.0. The zero-order valence-corrected chi connectivity index (χ0v) is 33.7. The predicted molar refractivity (Wildman–Crippen MR) is 262 cm³/mol. The summed E-state index contributed by atoms with van der Waals surface area (Å²) in [5.74, 6) is 0. The SMILES string of the molecule is c1ccc(-c2ccc3oc4c(-c5ccc6c(c5)c5ccccc5n6-c5ccc(-c6ccc7c8ccccc8c8ccccc8c7c6)cc5)cc(-c5ccccc5)cc4c3c2)cc1. The van der Waals surface area contributed by atoms with Crippen LogP contribution >= 0.6 is 0 Å². The van der Waals surface area contributed by atoms with Gasteiger partial charge in [-0.3, -0.25) is 0 Å². The molecule has 11 aromatic carbocycles. The van der Waals surface area contributed by atoms with Crippen molar-refractivity contribution in [2.75, 3.05) is 0 Å². The molecule has 0 radical (unpaired) electrons. The normalized spacial score (nSPS) is 11.9. The van der Waals surface area contributed by atoms with Crippen LogP contribution in [0.4, 0.5) is 0 Å². The van der Waals surface area contributed by atoms with Crippen LogP contribution in [0.25, 0.3) is 126 Å². The summed E-state index contributed by atoms with van der Waals surface area (Å²) < 4.78 is 9.20. The van der Waals surface area contributed by atoms with Crippen molar-refractivity contribution < 1.29 is 4.42 Å². The van der Waals surface area contributed by atoms with E-state index in [1.165, 1.54) is 81.9 Å². The molecular formula is C60H37NO. The molecule has 13 aromatic rings. The van der Waals surface area contributed by atoms with Gasteiger partial charge in [-0.25, -0.2) is 0 Å². The van der Waals surface area contributed by atoms with E-state index in [0.717, 1.165) is 44.3 Å². The Morgan fingerprint density at radius 1 is 0.258 bits per heavy atom. The first kappa shape index (κ1) is 34.6. The number of nitrogens with zero attached hydrogens (tertiary/aromatic N) is 1. The van der Waals surface area contributed by atoms with Gasteiger partial charge in [0.25, 0.3) is 0 Å². The summed E-state index contributed by atoms with van der Waals surface area (Å²) in [7, 11) is 0. The van der Waals surface area contributed by atoms with Crippen molar-refractivity contribution in [1.29, 1.82) is 0 Å². The topological polar surface area (TPSA) is 18.1 Å². The molecular weight excluding hydrogens is 751 g/mol. The number of rotatable bonds is 5. The summed E-state index contributed by atoms with van der Waals surface area (Å²) in [5, 5.41) is 12.4. The summed E-state index contributed by atoms with van der Waals surface area (Å²) >= 11 is 0. The number of aromatic nitrogens is 1. The predicted octanol–water partition coefficient (Wildman–Crippen LogP) is 16.8. The highest BCUT2D eigenvalue weighted by molar-refractivity contribution is 6.26. The maximum absolute atomic E-state index is 6.80. The lowest BCUT2D eigenvalue weighted by molar-refractivity contribution is 0.670. The molecule has 0 fully saturated rings. The molecule has 0 aliphatic rings. The van der Waals surface area contributed by atoms with Crippen LogP contribution in [0.15, 0.2) is 229 Å². The molecule has 0 amide bonds. The monoisotopic (exact) mass is 787 g/mol. The lowest BCUT2D eigenvalue weighted by Gasteiger charge is -2.13. The maximum Gasteiger partial charge on any atom is 0.143 e. The summed E-state index contributed by atoms with van der Waals surface area (Å²) in [6.45, 7) is 0. The molecule has 2 nitrogen and oxygen atoms in total. The number of para-hydroxylation sites is 1. The van der Waals surface area contributed by atoms with Crippen molar-refractivity contribution >= 4 is 76.1 Å². The van der Waals surface area contributed by atoms with Crippen LogP contribution in [0.2, 0.25) is 0 Å². The van der Waals surface area contributed by atoms with Crippen molar-refractivity contribution in [3.8, 4) is 50.2 Å². The van der Waals surface area contributed by atoms with Crippen LogP contribution in [0.1, 0.15) is 0 Å². The van der Waals surface area contributed by atoms with Gasteiger partial charge in [0.15, 0.2) is 0 Å². The molecule has 62 heavy (non-hydrogen) atoms. The number of hydrogen-bond donors (Lipinski definition) is 0. The van der Waals surface area contributed by atoms with E-state index in [4.69, 9.17) is 4.42 Å². The molecule has 2 heterocycles. The summed E-state index contributed by atoms with van der Waals surface area (Å²) in [4.78, 5) is 0. The van der Waals surface area contributed by atoms with Gasteiger partial charge in [-0.2, -0.15) is 0 Å². The second kappa shape index (κ2) is 13.7. The van der Waals surface area contributed by atoms with E-state index in [1.54, 1.807) is 0 Å². The first-order chi connectivity index (χ1) is 30.7. The third-order valence-electron chi connectivity index (χ3n) is 13.0. The average Bonchev–Trinajstić information content (AvgIpc) is 3.89. The van der Waals surface area contributed by atoms with Crippen molar-refractivity contribution in [1.82, 2.24) is 4.57 Å². The molecule has 0 aliphatic carbocycles. The van der Waals surface area contributed by atoms with Gasteiger partial charge in [0, 0.05) is 32.8 Å². The van der Waals surface area contributed by atoms with E-state index in [9.17, 15) is 0 Å². The van der Waals surface area contributed by atoms with E-state index in [-0.39, 0.29) is 0 Å². The van der Waals surface area contributed by atoms with Gasteiger partial charge in [0.05, 0.1) is 11.0 Å². The largest absolute Gasteiger partial charge is 0.455 e. The summed E-state index contributed by atoms with van der Waals surface area (Å²) in [5.41, 5.74) is 14.6. The fourth-order valence-corrected chi connectivity index (χ4v) is 10.0. The fraction of sp³-hybridized carbons (Fsp3) is 0. The maximum atomic E-state index is 6.80. The van der Waals surface area contributed by atoms with Crippen LogP contribution in [0.3, 0.4) is 0 Å². The quantitative estimate of drug-likeness (QED) is 0.159. The van der Waals surface area contributed by atoms with E-state index in [1.807, 2.05) is 0 Å². The Hall–Kier alpha value is -8.20. The Balaban J connectivity index is 0.948. The van der Waals surface area contributed by atoms with E-state index < -0.39 is 0 Å². The minimum atomic E-state index is 0.887. The second-order valence-electron chi connectivity index (χ2n) is 16.4. The molecule has 0 bridgehead atoms. The average molecular weight is 788 g/mol. The van der Waals surface area contributed by atoms with Gasteiger partial charge in [-0.05, 0) is 132 Å². The molecule has 0 saturated heterocycles. The lowest BCUT2D eigenvalue weighted by Crippen LogP contribution is -1.94. The van der Waals surface area contributed by atoms with Crippen LogP contribution in [-0.4, -0.2) is 4.57 Å². The Morgan fingerprint density at radius 2 is 0.726 bits per heavy atom. The van der Waals surface area contributed by atoms with Crippen LogP contribution in [-0.2, 0) is 0 Å². The van der Waals surface area contributed by atoms with Gasteiger partial charge in [0.1, 0.15) is 11.2 Å². The number of fused-ring (bicyclic) bond motifs is 12. The first-order valence-electron chi connectivity index (χ1n) is 21.3. The number of benzene rings is 11. The Morgan fingerprint density at radius 3 is 1.42 bits per heavy atom. The van der Waals surface area contributed by atoms with Crippen molar-refractivity contribution in [2.45, 2.75) is 0 Å². The molecule has 0 atom stereocenters. The molecule has 0 saturated carbocycles. The molecule has 0 unspecified atom stereocenters. The minimum absolute atomic E-state index is 0.887. The molecule has 2 heteroatoms. The van der Waals surface area contributed by atoms with Crippen LogP contribution in [0.5, 0.6) is 0 Å². The van der Waals surface area contributed by atoms with Gasteiger partial charge in [-0.15, -0.1) is 0 Å². The molecule has 13 rings (SSSR count). The highest BCUT2D eigenvalue weighted by Gasteiger charge is 2.19. The Kier molecular flexibility index (Phi) is 7.64. The highest BCUT2D eigenvalue weighted by atomic mass is 16.3. The minimum Gasteiger partial charge on any atom is -0.455 e. The van der Waals surface area contributed by atoms with Crippen molar-refractivity contribution in [2.24, 2.45) is 0 Å². The highest BCUT2D eigenvalue weighted by Crippen LogP contribution is 2.43. The molecule has 0 aliphatic heterocycles. The van der Waals surface area contributed by atoms with E-state index in [0.29, 0.717) is 0 Å². The Bertz CT molecular complexity index is 3860. The van der Waals surface area contributed by atoms with Crippen molar-refractivity contribution in [3.05, 3.63) is 224 Å². The third kappa shape index (κ3) is 5.37. The van der Waals surface area contributed by atoms with Crippen LogP contribution < -0.4 is 0 Å². The molecule has 288 valence electrons. The zero-order valence-electron chi connectivity index (χ0n) is 33.7. The van der Waals surface area contributed by atoms with Gasteiger partial charge < -0.3 is 8.98 Å². The van der Waals surface area contributed by atoms with Crippen molar-refractivity contribution in [3.63, 3.8) is 0 Å². The first-order valence-corrected chi connectivity index (χ1v) is 21.3. The van der Waals surface area contributed by atoms with E-state index >= 15 is 0 Å². The van der Waals surface area contributed by atoms with Crippen LogP contribution in [0, 0.1) is 0 Å². The molecule has 2 aromatic heterocycles. The van der Waals surface area contributed by atoms with E-state index in [2.05, 4.69) is 229 Å². The molecule has 0 N–H and O–H groups in total. The van der Waals surface area contributed by atoms with Gasteiger partial charge >= 0.3 is 0 Å².